The summed E-state index contributed by atoms with van der Waals surface area (Å²) in [6.07, 6.45) is 3.36. The van der Waals surface area contributed by atoms with Crippen LogP contribution in [0.5, 0.6) is 0 Å². The summed E-state index contributed by atoms with van der Waals surface area (Å²) >= 11 is 0. The standard InChI is InChI=1S/C12H21NO2Si/c1-12(2,3)15-11(14)13-8-7-10(9-13)16(4,5)6/h7-9H,1-6H3. The predicted octanol–water partition coefficient (Wildman–Crippen LogP) is 2.82. The predicted molar refractivity (Wildman–Crippen MR) is 69.0 cm³/mol. The third-order valence-corrected chi connectivity index (χ3v) is 4.19. The summed E-state index contributed by atoms with van der Waals surface area (Å²) in [6.45, 7) is 12.4. The molecule has 90 valence electrons. The van der Waals surface area contributed by atoms with Crippen LogP contribution < -0.4 is 5.19 Å². The minimum absolute atomic E-state index is 0.308. The van der Waals surface area contributed by atoms with Crippen molar-refractivity contribution in [2.75, 3.05) is 0 Å². The lowest BCUT2D eigenvalue weighted by Crippen LogP contribution is -2.36. The van der Waals surface area contributed by atoms with Gasteiger partial charge >= 0.3 is 6.09 Å². The smallest absolute Gasteiger partial charge is 0.418 e. The van der Waals surface area contributed by atoms with Gasteiger partial charge in [0.15, 0.2) is 0 Å². The lowest BCUT2D eigenvalue weighted by Gasteiger charge is -2.19. The molecule has 0 aliphatic rings. The molecule has 0 radical (unpaired) electrons. The van der Waals surface area contributed by atoms with Gasteiger partial charge in [0.05, 0.1) is 8.07 Å². The zero-order valence-electron chi connectivity index (χ0n) is 11.0. The SMILES string of the molecule is CC(C)(C)OC(=O)n1ccc([Si](C)(C)C)c1. The van der Waals surface area contributed by atoms with Crippen molar-refractivity contribution in [3.8, 4) is 0 Å². The van der Waals surface area contributed by atoms with E-state index in [-0.39, 0.29) is 6.09 Å². The third kappa shape index (κ3) is 3.52. The summed E-state index contributed by atoms with van der Waals surface area (Å²) in [5.41, 5.74) is -0.444. The fourth-order valence-electron chi connectivity index (χ4n) is 1.27. The molecule has 1 aromatic heterocycles. The lowest BCUT2D eigenvalue weighted by molar-refractivity contribution is 0.0537. The van der Waals surface area contributed by atoms with Crippen molar-refractivity contribution < 1.29 is 9.53 Å². The second-order valence-corrected chi connectivity index (χ2v) is 11.1. The Labute approximate surface area is 98.4 Å². The van der Waals surface area contributed by atoms with Gasteiger partial charge in [0, 0.05) is 12.4 Å². The van der Waals surface area contributed by atoms with E-state index in [9.17, 15) is 4.79 Å². The van der Waals surface area contributed by atoms with Crippen LogP contribution in [0.15, 0.2) is 18.5 Å². The van der Waals surface area contributed by atoms with E-state index in [0.29, 0.717) is 0 Å². The average molecular weight is 239 g/mol. The summed E-state index contributed by atoms with van der Waals surface area (Å²) in [5, 5.41) is 1.26. The number of aromatic nitrogens is 1. The van der Waals surface area contributed by atoms with Gasteiger partial charge < -0.3 is 4.74 Å². The van der Waals surface area contributed by atoms with E-state index in [1.165, 1.54) is 9.75 Å². The van der Waals surface area contributed by atoms with Crippen LogP contribution in [0.4, 0.5) is 4.79 Å². The lowest BCUT2D eigenvalue weighted by atomic mass is 10.2. The van der Waals surface area contributed by atoms with Crippen molar-refractivity contribution in [2.45, 2.75) is 46.0 Å². The Bertz CT molecular complexity index is 382. The van der Waals surface area contributed by atoms with Gasteiger partial charge in [0.2, 0.25) is 0 Å². The number of nitrogens with zero attached hydrogens (tertiary/aromatic N) is 1. The highest BCUT2D eigenvalue weighted by atomic mass is 28.3. The Hall–Kier alpha value is -1.03. The first-order chi connectivity index (χ1) is 7.09. The van der Waals surface area contributed by atoms with E-state index in [4.69, 9.17) is 4.74 Å². The van der Waals surface area contributed by atoms with Gasteiger partial charge in [0.25, 0.3) is 0 Å². The van der Waals surface area contributed by atoms with E-state index >= 15 is 0 Å². The summed E-state index contributed by atoms with van der Waals surface area (Å²) in [4.78, 5) is 11.8. The molecule has 0 N–H and O–H groups in total. The number of hydrogen-bond donors (Lipinski definition) is 0. The largest absolute Gasteiger partial charge is 0.443 e. The minimum Gasteiger partial charge on any atom is -0.443 e. The van der Waals surface area contributed by atoms with E-state index in [1.54, 1.807) is 6.20 Å². The Kier molecular flexibility index (Phi) is 3.33. The van der Waals surface area contributed by atoms with Gasteiger partial charge in [-0.05, 0) is 32.0 Å². The Morgan fingerprint density at radius 1 is 1.31 bits per heavy atom. The quantitative estimate of drug-likeness (QED) is 0.706. The minimum atomic E-state index is -1.35. The molecule has 0 aromatic carbocycles. The van der Waals surface area contributed by atoms with Crippen molar-refractivity contribution in [1.29, 1.82) is 0 Å². The van der Waals surface area contributed by atoms with Gasteiger partial charge in [0.1, 0.15) is 5.60 Å². The number of ether oxygens (including phenoxy) is 1. The van der Waals surface area contributed by atoms with Crippen LogP contribution in [-0.4, -0.2) is 24.3 Å². The first-order valence-corrected chi connectivity index (χ1v) is 9.01. The third-order valence-electron chi connectivity index (χ3n) is 2.16. The second kappa shape index (κ2) is 4.09. The number of carbonyl (C=O) groups is 1. The Balaban J connectivity index is 2.83. The molecule has 0 saturated carbocycles. The molecule has 0 saturated heterocycles. The van der Waals surface area contributed by atoms with Gasteiger partial charge in [-0.1, -0.05) is 19.6 Å². The molecule has 0 amide bonds. The van der Waals surface area contributed by atoms with Crippen molar-refractivity contribution in [3.05, 3.63) is 18.5 Å². The molecule has 4 heteroatoms. The van der Waals surface area contributed by atoms with Crippen LogP contribution in [0.1, 0.15) is 20.8 Å². The number of rotatable bonds is 1. The molecule has 3 nitrogen and oxygen atoms in total. The van der Waals surface area contributed by atoms with Crippen LogP contribution in [0, 0.1) is 0 Å². The molecule has 0 unspecified atom stereocenters. The van der Waals surface area contributed by atoms with Gasteiger partial charge in [-0.25, -0.2) is 4.79 Å². The van der Waals surface area contributed by atoms with Crippen molar-refractivity contribution in [1.82, 2.24) is 4.57 Å². The average Bonchev–Trinajstić information content (AvgIpc) is 2.46. The molecule has 1 aromatic rings. The zero-order chi connectivity index (χ0) is 12.6. The van der Waals surface area contributed by atoms with E-state index in [0.717, 1.165) is 0 Å². The highest BCUT2D eigenvalue weighted by Gasteiger charge is 2.21. The fourth-order valence-corrected chi connectivity index (χ4v) is 2.37. The highest BCUT2D eigenvalue weighted by molar-refractivity contribution is 6.88. The topological polar surface area (TPSA) is 31.2 Å². The summed E-state index contributed by atoms with van der Waals surface area (Å²) in [6, 6.07) is 2.01. The van der Waals surface area contributed by atoms with E-state index in [1.807, 2.05) is 33.0 Å². The molecular weight excluding hydrogens is 218 g/mol. The van der Waals surface area contributed by atoms with Crippen LogP contribution in [0.25, 0.3) is 0 Å². The first-order valence-electron chi connectivity index (χ1n) is 5.51. The zero-order valence-corrected chi connectivity index (χ0v) is 12.0. The first kappa shape index (κ1) is 13.0. The molecular formula is C12H21NO2Si. The summed E-state index contributed by atoms with van der Waals surface area (Å²) in [5.74, 6) is 0. The molecule has 1 heterocycles. The van der Waals surface area contributed by atoms with Crippen molar-refractivity contribution in [2.24, 2.45) is 0 Å². The van der Waals surface area contributed by atoms with Crippen LogP contribution in [-0.2, 0) is 4.74 Å². The molecule has 0 bridgehead atoms. The van der Waals surface area contributed by atoms with Crippen molar-refractivity contribution >= 4 is 19.4 Å². The molecule has 1 rings (SSSR count). The molecule has 0 aliphatic heterocycles. The van der Waals surface area contributed by atoms with Crippen LogP contribution in [0.3, 0.4) is 0 Å². The summed E-state index contributed by atoms with van der Waals surface area (Å²) < 4.78 is 6.82. The maximum atomic E-state index is 11.8. The normalized spacial score (nSPS) is 12.6. The van der Waals surface area contributed by atoms with Crippen LogP contribution in [0.2, 0.25) is 19.6 Å². The molecule has 0 spiro atoms. The van der Waals surface area contributed by atoms with Crippen LogP contribution >= 0.6 is 0 Å². The second-order valence-electron chi connectivity index (χ2n) is 6.04. The number of carbonyl (C=O) groups excluding carboxylic acids is 1. The Morgan fingerprint density at radius 3 is 2.25 bits per heavy atom. The Morgan fingerprint density at radius 2 is 1.88 bits per heavy atom. The fraction of sp³-hybridized carbons (Fsp3) is 0.583. The van der Waals surface area contributed by atoms with Crippen molar-refractivity contribution in [3.63, 3.8) is 0 Å². The maximum absolute atomic E-state index is 11.8. The molecule has 0 atom stereocenters. The van der Waals surface area contributed by atoms with E-state index < -0.39 is 13.7 Å². The molecule has 16 heavy (non-hydrogen) atoms. The molecule has 0 fully saturated rings. The monoisotopic (exact) mass is 239 g/mol. The highest BCUT2D eigenvalue weighted by Crippen LogP contribution is 2.09. The van der Waals surface area contributed by atoms with Gasteiger partial charge in [-0.2, -0.15) is 0 Å². The molecule has 0 aliphatic carbocycles. The van der Waals surface area contributed by atoms with Gasteiger partial charge in [-0.3, -0.25) is 4.57 Å². The maximum Gasteiger partial charge on any atom is 0.418 e. The number of hydrogen-bond acceptors (Lipinski definition) is 2. The van der Waals surface area contributed by atoms with Gasteiger partial charge in [-0.15, -0.1) is 0 Å². The van der Waals surface area contributed by atoms with E-state index in [2.05, 4.69) is 19.6 Å². The summed E-state index contributed by atoms with van der Waals surface area (Å²) in [7, 11) is -1.35.